The van der Waals surface area contributed by atoms with Crippen LogP contribution >= 0.6 is 11.3 Å². The molecule has 0 radical (unpaired) electrons. The Labute approximate surface area is 93.6 Å². The molecule has 0 spiro atoms. The highest BCUT2D eigenvalue weighted by molar-refractivity contribution is 7.07. The van der Waals surface area contributed by atoms with Crippen LogP contribution in [0.5, 0.6) is 0 Å². The summed E-state index contributed by atoms with van der Waals surface area (Å²) >= 11 is 1.71. The average molecular weight is 213 g/mol. The van der Waals surface area contributed by atoms with Gasteiger partial charge in [0.15, 0.2) is 0 Å². The molecule has 1 aromatic heterocycles. The van der Waals surface area contributed by atoms with Crippen molar-refractivity contribution in [2.24, 2.45) is 0 Å². The number of nitriles is 1. The van der Waals surface area contributed by atoms with Crippen molar-refractivity contribution in [3.8, 4) is 6.07 Å². The molecule has 0 saturated carbocycles. The molecule has 1 heterocycles. The van der Waals surface area contributed by atoms with Gasteiger partial charge in [-0.2, -0.15) is 16.6 Å². The van der Waals surface area contributed by atoms with Gasteiger partial charge in [0, 0.05) is 0 Å². The van der Waals surface area contributed by atoms with Crippen LogP contribution < -0.4 is 0 Å². The maximum atomic E-state index is 8.72. The summed E-state index contributed by atoms with van der Waals surface area (Å²) in [6.07, 6.45) is 1.43. The molecule has 74 valence electrons. The van der Waals surface area contributed by atoms with E-state index in [2.05, 4.69) is 29.0 Å². The number of nitrogens with zero attached hydrogens (tertiary/aromatic N) is 1. The van der Waals surface area contributed by atoms with Gasteiger partial charge in [-0.25, -0.2) is 0 Å². The van der Waals surface area contributed by atoms with Crippen molar-refractivity contribution in [3.05, 3.63) is 57.8 Å². The number of thiophene rings is 1. The van der Waals surface area contributed by atoms with Gasteiger partial charge in [0.2, 0.25) is 0 Å². The molecule has 0 bridgehead atoms. The summed E-state index contributed by atoms with van der Waals surface area (Å²) in [5, 5.41) is 13.0. The van der Waals surface area contributed by atoms with E-state index in [1.165, 1.54) is 11.1 Å². The predicted molar refractivity (Wildman–Crippen MR) is 62.9 cm³/mol. The molecular weight excluding hydrogens is 202 g/mol. The fourth-order valence-corrected chi connectivity index (χ4v) is 2.27. The Hall–Kier alpha value is -1.59. The van der Waals surface area contributed by atoms with Crippen molar-refractivity contribution in [1.82, 2.24) is 0 Å². The first-order valence-electron chi connectivity index (χ1n) is 4.85. The van der Waals surface area contributed by atoms with E-state index in [1.54, 1.807) is 11.3 Å². The van der Waals surface area contributed by atoms with Crippen LogP contribution in [0.3, 0.4) is 0 Å². The molecule has 0 aliphatic rings. The molecule has 0 saturated heterocycles. The minimum Gasteiger partial charge on any atom is -0.198 e. The molecule has 0 amide bonds. The van der Waals surface area contributed by atoms with Crippen LogP contribution in [0.15, 0.2) is 41.1 Å². The zero-order chi connectivity index (χ0) is 10.5. The fraction of sp³-hybridized carbons (Fsp3) is 0.154. The van der Waals surface area contributed by atoms with Crippen LogP contribution in [0.4, 0.5) is 0 Å². The predicted octanol–water partition coefficient (Wildman–Crippen LogP) is 3.40. The first-order valence-corrected chi connectivity index (χ1v) is 5.79. The Morgan fingerprint density at radius 3 is 2.60 bits per heavy atom. The highest BCUT2D eigenvalue weighted by Crippen LogP contribution is 2.16. The Morgan fingerprint density at radius 2 is 1.93 bits per heavy atom. The van der Waals surface area contributed by atoms with Gasteiger partial charge in [0.1, 0.15) is 0 Å². The van der Waals surface area contributed by atoms with Gasteiger partial charge in [0.25, 0.3) is 0 Å². The molecule has 15 heavy (non-hydrogen) atoms. The summed E-state index contributed by atoms with van der Waals surface area (Å²) in [6.45, 7) is 0. The van der Waals surface area contributed by atoms with Gasteiger partial charge in [-0.05, 0) is 39.9 Å². The van der Waals surface area contributed by atoms with Crippen molar-refractivity contribution >= 4 is 11.3 Å². The lowest BCUT2D eigenvalue weighted by Gasteiger charge is -2.04. The second-order valence-corrected chi connectivity index (χ2v) is 4.19. The lowest BCUT2D eigenvalue weighted by molar-refractivity contribution is 1.13. The molecule has 0 unspecified atom stereocenters. The lowest BCUT2D eigenvalue weighted by Crippen LogP contribution is -1.93. The minimum atomic E-state index is 0.500. The van der Waals surface area contributed by atoms with E-state index in [9.17, 15) is 0 Å². The Balaban J connectivity index is 2.24. The summed E-state index contributed by atoms with van der Waals surface area (Å²) in [4.78, 5) is 0. The van der Waals surface area contributed by atoms with Crippen molar-refractivity contribution in [2.75, 3.05) is 0 Å². The van der Waals surface area contributed by atoms with E-state index in [-0.39, 0.29) is 0 Å². The maximum Gasteiger partial charge on any atom is 0.0669 e. The maximum absolute atomic E-state index is 8.72. The monoisotopic (exact) mass is 213 g/mol. The van der Waals surface area contributed by atoms with E-state index in [4.69, 9.17) is 5.26 Å². The van der Waals surface area contributed by atoms with Crippen molar-refractivity contribution in [3.63, 3.8) is 0 Å². The second-order valence-electron chi connectivity index (χ2n) is 3.41. The molecular formula is C13H11NS. The molecule has 0 N–H and O–H groups in total. The van der Waals surface area contributed by atoms with E-state index in [1.807, 2.05) is 18.2 Å². The highest BCUT2D eigenvalue weighted by atomic mass is 32.1. The minimum absolute atomic E-state index is 0.500. The number of rotatable bonds is 3. The normalized spacial score (nSPS) is 9.80. The molecule has 2 aromatic rings. The van der Waals surface area contributed by atoms with Crippen LogP contribution in [-0.4, -0.2) is 0 Å². The smallest absolute Gasteiger partial charge is 0.0669 e. The standard InChI is InChI=1S/C13H11NS/c14-7-5-12-3-1-2-4-13(12)9-11-6-8-15-10-11/h1-4,6,8,10H,5,9H2. The van der Waals surface area contributed by atoms with E-state index >= 15 is 0 Å². The second kappa shape index (κ2) is 4.77. The van der Waals surface area contributed by atoms with Crippen LogP contribution in [0, 0.1) is 11.3 Å². The van der Waals surface area contributed by atoms with Crippen LogP contribution in [0.25, 0.3) is 0 Å². The van der Waals surface area contributed by atoms with Crippen LogP contribution in [0.2, 0.25) is 0 Å². The summed E-state index contributed by atoms with van der Waals surface area (Å²) in [6, 6.07) is 12.5. The third-order valence-electron chi connectivity index (χ3n) is 2.36. The molecule has 0 aliphatic heterocycles. The number of hydrogen-bond donors (Lipinski definition) is 0. The van der Waals surface area contributed by atoms with Crippen molar-refractivity contribution in [2.45, 2.75) is 12.8 Å². The molecule has 1 nitrogen and oxygen atoms in total. The largest absolute Gasteiger partial charge is 0.198 e. The zero-order valence-corrected chi connectivity index (χ0v) is 9.13. The van der Waals surface area contributed by atoms with E-state index < -0.39 is 0 Å². The quantitative estimate of drug-likeness (QED) is 0.766. The lowest BCUT2D eigenvalue weighted by atomic mass is 10.00. The number of hydrogen-bond acceptors (Lipinski definition) is 2. The van der Waals surface area contributed by atoms with Gasteiger partial charge in [-0.3, -0.25) is 0 Å². The van der Waals surface area contributed by atoms with Crippen molar-refractivity contribution in [1.29, 1.82) is 5.26 Å². The van der Waals surface area contributed by atoms with Crippen LogP contribution in [0.1, 0.15) is 16.7 Å². The van der Waals surface area contributed by atoms with Gasteiger partial charge < -0.3 is 0 Å². The topological polar surface area (TPSA) is 23.8 Å². The molecule has 2 heteroatoms. The van der Waals surface area contributed by atoms with Gasteiger partial charge in [-0.15, -0.1) is 0 Å². The Bertz CT molecular complexity index is 466. The first-order chi connectivity index (χ1) is 7.40. The van der Waals surface area contributed by atoms with Crippen LogP contribution in [-0.2, 0) is 12.8 Å². The number of benzene rings is 1. The fourth-order valence-electron chi connectivity index (χ4n) is 1.60. The molecule has 0 aliphatic carbocycles. The summed E-state index contributed by atoms with van der Waals surface area (Å²) in [5.74, 6) is 0. The zero-order valence-electron chi connectivity index (χ0n) is 8.31. The highest BCUT2D eigenvalue weighted by Gasteiger charge is 2.02. The van der Waals surface area contributed by atoms with Crippen molar-refractivity contribution < 1.29 is 0 Å². The summed E-state index contributed by atoms with van der Waals surface area (Å²) < 4.78 is 0. The molecule has 0 fully saturated rings. The van der Waals surface area contributed by atoms with Gasteiger partial charge >= 0.3 is 0 Å². The van der Waals surface area contributed by atoms with Gasteiger partial charge in [0.05, 0.1) is 12.5 Å². The third kappa shape index (κ3) is 2.45. The summed E-state index contributed by atoms with van der Waals surface area (Å²) in [5.41, 5.74) is 3.73. The Morgan fingerprint density at radius 1 is 1.13 bits per heavy atom. The molecule has 2 rings (SSSR count). The first kappa shape index (κ1) is 9.95. The molecule has 1 aromatic carbocycles. The van der Waals surface area contributed by atoms with Gasteiger partial charge in [-0.1, -0.05) is 24.3 Å². The third-order valence-corrected chi connectivity index (χ3v) is 3.09. The molecule has 0 atom stereocenters. The average Bonchev–Trinajstić information content (AvgIpc) is 2.74. The Kier molecular flexibility index (Phi) is 3.16. The summed E-state index contributed by atoms with van der Waals surface area (Å²) in [7, 11) is 0. The van der Waals surface area contributed by atoms with E-state index in [0.717, 1.165) is 12.0 Å². The SMILES string of the molecule is N#CCc1ccccc1Cc1ccsc1. The van der Waals surface area contributed by atoms with E-state index in [0.29, 0.717) is 6.42 Å².